The van der Waals surface area contributed by atoms with Crippen molar-refractivity contribution in [2.75, 3.05) is 0 Å². The molecule has 0 aliphatic heterocycles. The topological polar surface area (TPSA) is 29.1 Å². The number of carbonyl (C=O) groups excluding carboxylic acids is 1. The zero-order chi connectivity index (χ0) is 7.56. The molecule has 0 spiro atoms. The van der Waals surface area contributed by atoms with Crippen LogP contribution in [0.1, 0.15) is 19.8 Å². The molecule has 1 rings (SSSR count). The van der Waals surface area contributed by atoms with E-state index in [2.05, 4.69) is 18.8 Å². The van der Waals surface area contributed by atoms with E-state index in [0.717, 1.165) is 18.8 Å². The van der Waals surface area contributed by atoms with Gasteiger partial charge in [-0.15, -0.1) is 0 Å². The van der Waals surface area contributed by atoms with E-state index in [4.69, 9.17) is 0 Å². The Labute approximate surface area is 61.3 Å². The Morgan fingerprint density at radius 2 is 2.30 bits per heavy atom. The molecule has 0 aromatic heterocycles. The zero-order valence-corrected chi connectivity index (χ0v) is 6.26. The molecule has 1 amide bonds. The lowest BCUT2D eigenvalue weighted by Crippen LogP contribution is -2.42. The van der Waals surface area contributed by atoms with Gasteiger partial charge >= 0.3 is 0 Å². The van der Waals surface area contributed by atoms with E-state index in [0.29, 0.717) is 6.04 Å². The third-order valence-electron chi connectivity index (χ3n) is 1.91. The smallest absolute Gasteiger partial charge is 0.243 e. The maximum atomic E-state index is 10.7. The van der Waals surface area contributed by atoms with Gasteiger partial charge in [-0.3, -0.25) is 4.79 Å². The van der Waals surface area contributed by atoms with Crippen LogP contribution in [0.15, 0.2) is 12.7 Å². The van der Waals surface area contributed by atoms with Crippen molar-refractivity contribution in [2.24, 2.45) is 5.92 Å². The fourth-order valence-electron chi connectivity index (χ4n) is 1.28. The van der Waals surface area contributed by atoms with Crippen LogP contribution in [0, 0.1) is 5.92 Å². The second-order valence-electron chi connectivity index (χ2n) is 2.99. The fraction of sp³-hybridized carbons (Fsp3) is 0.625. The zero-order valence-electron chi connectivity index (χ0n) is 6.26. The summed E-state index contributed by atoms with van der Waals surface area (Å²) >= 11 is 0. The molecule has 1 saturated carbocycles. The predicted molar refractivity (Wildman–Crippen MR) is 40.5 cm³/mol. The van der Waals surface area contributed by atoms with Gasteiger partial charge in [-0.1, -0.05) is 13.5 Å². The van der Waals surface area contributed by atoms with Crippen molar-refractivity contribution in [1.29, 1.82) is 0 Å². The molecular formula is C8H13NO. The standard InChI is InChI=1S/C8H13NO/c1-3-8(10)9-7-4-6(2)5-7/h3,6-7H,1,4-5H2,2H3,(H,9,10)/t6-,7-. The molecule has 1 aliphatic carbocycles. The molecule has 1 fully saturated rings. The summed E-state index contributed by atoms with van der Waals surface area (Å²) in [5, 5.41) is 2.84. The quantitative estimate of drug-likeness (QED) is 0.570. The molecule has 1 N–H and O–H groups in total. The Morgan fingerprint density at radius 1 is 1.70 bits per heavy atom. The monoisotopic (exact) mass is 139 g/mol. The fourth-order valence-corrected chi connectivity index (χ4v) is 1.28. The Bertz CT molecular complexity index is 147. The number of nitrogens with one attached hydrogen (secondary N) is 1. The molecule has 0 aromatic rings. The summed E-state index contributed by atoms with van der Waals surface area (Å²) in [6.07, 6.45) is 3.57. The number of hydrogen-bond donors (Lipinski definition) is 1. The Balaban J connectivity index is 2.16. The lowest BCUT2D eigenvalue weighted by atomic mass is 9.82. The highest BCUT2D eigenvalue weighted by Gasteiger charge is 2.25. The van der Waals surface area contributed by atoms with Gasteiger partial charge in [-0.25, -0.2) is 0 Å². The summed E-state index contributed by atoms with van der Waals surface area (Å²) in [6.45, 7) is 5.57. The predicted octanol–water partition coefficient (Wildman–Crippen LogP) is 1.09. The molecule has 1 aliphatic rings. The van der Waals surface area contributed by atoms with E-state index in [-0.39, 0.29) is 5.91 Å². The first-order valence-corrected chi connectivity index (χ1v) is 3.65. The van der Waals surface area contributed by atoms with E-state index in [9.17, 15) is 4.79 Å². The summed E-state index contributed by atoms with van der Waals surface area (Å²) in [5.74, 6) is 0.743. The van der Waals surface area contributed by atoms with Crippen LogP contribution < -0.4 is 5.32 Å². The lowest BCUT2D eigenvalue weighted by molar-refractivity contribution is -0.117. The van der Waals surface area contributed by atoms with Gasteiger partial charge in [0, 0.05) is 6.04 Å². The molecule has 0 aromatic carbocycles. The highest BCUT2D eigenvalue weighted by molar-refractivity contribution is 5.87. The van der Waals surface area contributed by atoms with Gasteiger partial charge in [-0.05, 0) is 24.8 Å². The van der Waals surface area contributed by atoms with Crippen LogP contribution in [-0.4, -0.2) is 11.9 Å². The first-order valence-electron chi connectivity index (χ1n) is 3.65. The number of rotatable bonds is 2. The Morgan fingerprint density at radius 3 is 2.70 bits per heavy atom. The first kappa shape index (κ1) is 7.32. The molecule has 2 heteroatoms. The van der Waals surface area contributed by atoms with Gasteiger partial charge < -0.3 is 5.32 Å². The van der Waals surface area contributed by atoms with Gasteiger partial charge in [-0.2, -0.15) is 0 Å². The van der Waals surface area contributed by atoms with Crippen molar-refractivity contribution in [3.05, 3.63) is 12.7 Å². The third kappa shape index (κ3) is 1.59. The minimum Gasteiger partial charge on any atom is -0.350 e. The molecule has 56 valence electrons. The van der Waals surface area contributed by atoms with Crippen molar-refractivity contribution >= 4 is 5.91 Å². The second kappa shape index (κ2) is 2.86. The summed E-state index contributed by atoms with van der Waals surface area (Å²) in [5.41, 5.74) is 0. The van der Waals surface area contributed by atoms with Crippen LogP contribution in [0.4, 0.5) is 0 Å². The van der Waals surface area contributed by atoms with Crippen LogP contribution in [-0.2, 0) is 4.79 Å². The van der Waals surface area contributed by atoms with Crippen molar-refractivity contribution in [1.82, 2.24) is 5.32 Å². The Hall–Kier alpha value is -0.790. The number of amides is 1. The average Bonchev–Trinajstić information content (AvgIpc) is 1.84. The van der Waals surface area contributed by atoms with Crippen LogP contribution in [0.25, 0.3) is 0 Å². The minimum absolute atomic E-state index is 0.0445. The summed E-state index contributed by atoms with van der Waals surface area (Å²) in [6, 6.07) is 0.417. The molecule has 0 heterocycles. The molecule has 10 heavy (non-hydrogen) atoms. The summed E-state index contributed by atoms with van der Waals surface area (Å²) in [7, 11) is 0. The molecule has 0 bridgehead atoms. The van der Waals surface area contributed by atoms with Crippen LogP contribution >= 0.6 is 0 Å². The average molecular weight is 139 g/mol. The molecule has 0 atom stereocenters. The molecule has 0 saturated heterocycles. The lowest BCUT2D eigenvalue weighted by Gasteiger charge is -2.32. The molecule has 2 nitrogen and oxygen atoms in total. The van der Waals surface area contributed by atoms with Gasteiger partial charge in [0.15, 0.2) is 0 Å². The first-order chi connectivity index (χ1) is 4.72. The third-order valence-corrected chi connectivity index (χ3v) is 1.91. The number of hydrogen-bond acceptors (Lipinski definition) is 1. The van der Waals surface area contributed by atoms with E-state index >= 15 is 0 Å². The van der Waals surface area contributed by atoms with Crippen molar-refractivity contribution < 1.29 is 4.79 Å². The van der Waals surface area contributed by atoms with Gasteiger partial charge in [0.05, 0.1) is 0 Å². The summed E-state index contributed by atoms with van der Waals surface area (Å²) in [4.78, 5) is 10.7. The van der Waals surface area contributed by atoms with Gasteiger partial charge in [0.25, 0.3) is 0 Å². The van der Waals surface area contributed by atoms with E-state index in [1.165, 1.54) is 6.08 Å². The largest absolute Gasteiger partial charge is 0.350 e. The van der Waals surface area contributed by atoms with Crippen molar-refractivity contribution in [3.63, 3.8) is 0 Å². The van der Waals surface area contributed by atoms with E-state index in [1.807, 2.05) is 0 Å². The SMILES string of the molecule is C=CC(=O)N[C@H]1C[C@H](C)C1. The minimum atomic E-state index is -0.0445. The molecule has 0 unspecified atom stereocenters. The van der Waals surface area contributed by atoms with Crippen LogP contribution in [0.5, 0.6) is 0 Å². The van der Waals surface area contributed by atoms with Crippen LogP contribution in [0.2, 0.25) is 0 Å². The maximum absolute atomic E-state index is 10.7. The maximum Gasteiger partial charge on any atom is 0.243 e. The second-order valence-corrected chi connectivity index (χ2v) is 2.99. The van der Waals surface area contributed by atoms with Gasteiger partial charge in [0.1, 0.15) is 0 Å². The molecular weight excluding hydrogens is 126 g/mol. The van der Waals surface area contributed by atoms with Crippen LogP contribution in [0.3, 0.4) is 0 Å². The summed E-state index contributed by atoms with van der Waals surface area (Å²) < 4.78 is 0. The van der Waals surface area contributed by atoms with E-state index in [1.54, 1.807) is 0 Å². The van der Waals surface area contributed by atoms with E-state index < -0.39 is 0 Å². The number of carbonyl (C=O) groups is 1. The van der Waals surface area contributed by atoms with Gasteiger partial charge in [0.2, 0.25) is 5.91 Å². The van der Waals surface area contributed by atoms with Crippen molar-refractivity contribution in [2.45, 2.75) is 25.8 Å². The molecule has 0 radical (unpaired) electrons. The highest BCUT2D eigenvalue weighted by atomic mass is 16.1. The normalized spacial score (nSPS) is 30.5. The Kier molecular flexibility index (Phi) is 2.10. The highest BCUT2D eigenvalue weighted by Crippen LogP contribution is 2.25. The van der Waals surface area contributed by atoms with Crippen molar-refractivity contribution in [3.8, 4) is 0 Å².